The van der Waals surface area contributed by atoms with E-state index in [1.54, 1.807) is 24.3 Å². The van der Waals surface area contributed by atoms with Crippen LogP contribution in [0.25, 0.3) is 0 Å². The van der Waals surface area contributed by atoms with Crippen molar-refractivity contribution in [3.8, 4) is 5.88 Å². The van der Waals surface area contributed by atoms with Crippen LogP contribution in [-0.2, 0) is 6.18 Å². The summed E-state index contributed by atoms with van der Waals surface area (Å²) in [7, 11) is 0. The Balaban J connectivity index is 2.20. The normalized spacial score (nSPS) is 13.0. The van der Waals surface area contributed by atoms with Gasteiger partial charge in [-0.3, -0.25) is 0 Å². The van der Waals surface area contributed by atoms with Gasteiger partial charge in [0, 0.05) is 18.8 Å². The summed E-state index contributed by atoms with van der Waals surface area (Å²) in [5.74, 6) is -0.0980. The molecule has 0 spiro atoms. The zero-order chi connectivity index (χ0) is 14.6. The maximum absolute atomic E-state index is 12.6. The molecule has 0 amide bonds. The zero-order valence-corrected chi connectivity index (χ0v) is 10.5. The molecule has 2 N–H and O–H groups in total. The molecule has 0 aliphatic rings. The molecule has 0 aliphatic carbocycles. The maximum Gasteiger partial charge on any atom is 0.416 e. The molecule has 0 saturated heterocycles. The highest BCUT2D eigenvalue weighted by Crippen LogP contribution is 2.31. The van der Waals surface area contributed by atoms with Crippen molar-refractivity contribution in [1.82, 2.24) is 4.98 Å². The molecule has 0 saturated carbocycles. The highest BCUT2D eigenvalue weighted by atomic mass is 19.4. The van der Waals surface area contributed by atoms with Crippen LogP contribution < -0.4 is 10.5 Å². The lowest BCUT2D eigenvalue weighted by Gasteiger charge is -2.17. The van der Waals surface area contributed by atoms with Gasteiger partial charge in [0.2, 0.25) is 5.88 Å². The van der Waals surface area contributed by atoms with E-state index >= 15 is 0 Å². The van der Waals surface area contributed by atoms with Crippen LogP contribution in [0.5, 0.6) is 5.88 Å². The van der Waals surface area contributed by atoms with E-state index in [0.717, 1.165) is 23.9 Å². The molecule has 1 heterocycles. The van der Waals surface area contributed by atoms with Crippen LogP contribution in [0.15, 0.2) is 48.7 Å². The first-order valence-electron chi connectivity index (χ1n) is 5.95. The standard InChI is InChI=1S/C14H13F3N2O/c15-14(16,17)11-6-7-19-13(8-11)20-12(9-18)10-4-2-1-3-5-10/h1-8,12H,9,18H2/t12-/m1/s1. The number of hydrogen-bond acceptors (Lipinski definition) is 3. The predicted octanol–water partition coefficient (Wildman–Crippen LogP) is 3.18. The Morgan fingerprint density at radius 2 is 1.85 bits per heavy atom. The van der Waals surface area contributed by atoms with Crippen LogP contribution in [0.3, 0.4) is 0 Å². The van der Waals surface area contributed by atoms with Crippen molar-refractivity contribution in [3.05, 3.63) is 59.8 Å². The van der Waals surface area contributed by atoms with E-state index in [-0.39, 0.29) is 12.4 Å². The monoisotopic (exact) mass is 282 g/mol. The molecule has 0 radical (unpaired) electrons. The average molecular weight is 282 g/mol. The smallest absolute Gasteiger partial charge is 0.416 e. The average Bonchev–Trinajstić information content (AvgIpc) is 2.45. The van der Waals surface area contributed by atoms with E-state index in [4.69, 9.17) is 10.5 Å². The minimum absolute atomic E-state index is 0.0980. The van der Waals surface area contributed by atoms with E-state index in [9.17, 15) is 13.2 Å². The summed E-state index contributed by atoms with van der Waals surface area (Å²) in [4.78, 5) is 3.79. The number of pyridine rings is 1. The first-order valence-corrected chi connectivity index (χ1v) is 5.95. The van der Waals surface area contributed by atoms with Crippen molar-refractivity contribution in [3.63, 3.8) is 0 Å². The number of rotatable bonds is 4. The van der Waals surface area contributed by atoms with Gasteiger partial charge in [-0.15, -0.1) is 0 Å². The summed E-state index contributed by atoms with van der Waals surface area (Å²) < 4.78 is 43.3. The Hall–Kier alpha value is -2.08. The van der Waals surface area contributed by atoms with E-state index in [0.29, 0.717) is 0 Å². The Bertz CT molecular complexity index is 558. The third-order valence-corrected chi connectivity index (χ3v) is 2.71. The number of halogens is 3. The van der Waals surface area contributed by atoms with Crippen LogP contribution in [0.4, 0.5) is 13.2 Å². The molecular weight excluding hydrogens is 269 g/mol. The Morgan fingerprint density at radius 1 is 1.15 bits per heavy atom. The van der Waals surface area contributed by atoms with Gasteiger partial charge in [-0.1, -0.05) is 30.3 Å². The van der Waals surface area contributed by atoms with Crippen molar-refractivity contribution < 1.29 is 17.9 Å². The zero-order valence-electron chi connectivity index (χ0n) is 10.5. The first-order chi connectivity index (χ1) is 9.50. The molecule has 1 atom stereocenters. The molecule has 0 fully saturated rings. The summed E-state index contributed by atoms with van der Waals surface area (Å²) in [5, 5.41) is 0. The second-order valence-electron chi connectivity index (χ2n) is 4.13. The largest absolute Gasteiger partial charge is 0.468 e. The topological polar surface area (TPSA) is 48.1 Å². The Kier molecular flexibility index (Phi) is 4.24. The van der Waals surface area contributed by atoms with Gasteiger partial charge in [0.1, 0.15) is 6.10 Å². The van der Waals surface area contributed by atoms with E-state index in [1.807, 2.05) is 6.07 Å². The molecule has 0 bridgehead atoms. The molecule has 3 nitrogen and oxygen atoms in total. The number of benzene rings is 1. The van der Waals surface area contributed by atoms with Crippen LogP contribution in [0.1, 0.15) is 17.2 Å². The van der Waals surface area contributed by atoms with Gasteiger partial charge < -0.3 is 10.5 Å². The summed E-state index contributed by atoms with van der Waals surface area (Å²) in [6, 6.07) is 10.8. The van der Waals surface area contributed by atoms with Crippen molar-refractivity contribution in [2.75, 3.05) is 6.54 Å². The van der Waals surface area contributed by atoms with Gasteiger partial charge in [0.25, 0.3) is 0 Å². The summed E-state index contributed by atoms with van der Waals surface area (Å²) in [6.07, 6.45) is -3.89. The van der Waals surface area contributed by atoms with E-state index < -0.39 is 17.8 Å². The molecule has 106 valence electrons. The van der Waals surface area contributed by atoms with Gasteiger partial charge in [0.05, 0.1) is 5.56 Å². The number of hydrogen-bond donors (Lipinski definition) is 1. The second-order valence-corrected chi connectivity index (χ2v) is 4.13. The molecule has 1 aromatic carbocycles. The minimum atomic E-state index is -4.42. The summed E-state index contributed by atoms with van der Waals surface area (Å²) >= 11 is 0. The SMILES string of the molecule is NC[C@@H](Oc1cc(C(F)(F)F)ccn1)c1ccccc1. The van der Waals surface area contributed by atoms with Gasteiger partial charge >= 0.3 is 6.18 Å². The third kappa shape index (κ3) is 3.48. The van der Waals surface area contributed by atoms with Crippen molar-refractivity contribution in [2.24, 2.45) is 5.73 Å². The molecule has 0 aliphatic heterocycles. The molecule has 2 rings (SSSR count). The lowest BCUT2D eigenvalue weighted by atomic mass is 10.1. The van der Waals surface area contributed by atoms with Crippen molar-refractivity contribution in [1.29, 1.82) is 0 Å². The van der Waals surface area contributed by atoms with Crippen molar-refractivity contribution >= 4 is 0 Å². The molecule has 0 unspecified atom stereocenters. The Morgan fingerprint density at radius 3 is 2.45 bits per heavy atom. The minimum Gasteiger partial charge on any atom is -0.468 e. The molecule has 6 heteroatoms. The summed E-state index contributed by atoms with van der Waals surface area (Å²) in [6.45, 7) is 0.141. The molecule has 1 aromatic heterocycles. The van der Waals surface area contributed by atoms with Gasteiger partial charge in [-0.25, -0.2) is 4.98 Å². The van der Waals surface area contributed by atoms with Gasteiger partial charge in [-0.05, 0) is 11.6 Å². The van der Waals surface area contributed by atoms with Gasteiger partial charge in [0.15, 0.2) is 0 Å². The molecular formula is C14H13F3N2O. The van der Waals surface area contributed by atoms with E-state index in [1.165, 1.54) is 0 Å². The number of ether oxygens (including phenoxy) is 1. The highest BCUT2D eigenvalue weighted by molar-refractivity contribution is 5.25. The van der Waals surface area contributed by atoms with E-state index in [2.05, 4.69) is 4.98 Å². The lowest BCUT2D eigenvalue weighted by Crippen LogP contribution is -2.19. The lowest BCUT2D eigenvalue weighted by molar-refractivity contribution is -0.137. The van der Waals surface area contributed by atoms with Crippen LogP contribution in [-0.4, -0.2) is 11.5 Å². The number of aromatic nitrogens is 1. The first kappa shape index (κ1) is 14.3. The summed E-state index contributed by atoms with van der Waals surface area (Å²) in [5.41, 5.74) is 5.59. The van der Waals surface area contributed by atoms with Crippen molar-refractivity contribution in [2.45, 2.75) is 12.3 Å². The number of nitrogens with zero attached hydrogens (tertiary/aromatic N) is 1. The molecule has 2 aromatic rings. The molecule has 20 heavy (non-hydrogen) atoms. The van der Waals surface area contributed by atoms with Crippen LogP contribution in [0.2, 0.25) is 0 Å². The fraction of sp³-hybridized carbons (Fsp3) is 0.214. The van der Waals surface area contributed by atoms with Crippen LogP contribution >= 0.6 is 0 Å². The fourth-order valence-electron chi connectivity index (χ4n) is 1.72. The van der Waals surface area contributed by atoms with Crippen LogP contribution in [0, 0.1) is 0 Å². The predicted molar refractivity (Wildman–Crippen MR) is 68.1 cm³/mol. The third-order valence-electron chi connectivity index (χ3n) is 2.71. The maximum atomic E-state index is 12.6. The second kappa shape index (κ2) is 5.92. The fourth-order valence-corrected chi connectivity index (χ4v) is 1.72. The quantitative estimate of drug-likeness (QED) is 0.937. The number of nitrogens with two attached hydrogens (primary N) is 1. The van der Waals surface area contributed by atoms with Gasteiger partial charge in [-0.2, -0.15) is 13.2 Å². The number of alkyl halides is 3. The highest BCUT2D eigenvalue weighted by Gasteiger charge is 2.31. The Labute approximate surface area is 114 Å².